The summed E-state index contributed by atoms with van der Waals surface area (Å²) >= 11 is 0. The van der Waals surface area contributed by atoms with Gasteiger partial charge < -0.3 is 13.9 Å². The van der Waals surface area contributed by atoms with Crippen molar-refractivity contribution in [1.82, 2.24) is 9.78 Å². The van der Waals surface area contributed by atoms with Crippen molar-refractivity contribution in [2.24, 2.45) is 7.05 Å². The molecule has 1 N–H and O–H groups in total. The molecule has 1 amide bonds. The van der Waals surface area contributed by atoms with Crippen LogP contribution in [0.1, 0.15) is 12.7 Å². The van der Waals surface area contributed by atoms with Gasteiger partial charge in [0.2, 0.25) is 0 Å². The molecule has 2 heterocycles. The van der Waals surface area contributed by atoms with Crippen LogP contribution in [0.5, 0.6) is 5.75 Å². The zero-order valence-electron chi connectivity index (χ0n) is 14.0. The van der Waals surface area contributed by atoms with Crippen molar-refractivity contribution in [1.29, 1.82) is 0 Å². The third-order valence-electron chi connectivity index (χ3n) is 3.70. The number of nitrogens with one attached hydrogen (secondary N) is 1. The number of ether oxygens (including phenoxy) is 2. The largest absolute Gasteiger partial charge is 0.496 e. The average molecular weight is 329 g/mol. The Balaban J connectivity index is 2.14. The lowest BCUT2D eigenvalue weighted by atomic mass is 10.1. The lowest BCUT2D eigenvalue weighted by Crippen LogP contribution is -2.13. The summed E-state index contributed by atoms with van der Waals surface area (Å²) in [6, 6.07) is 3.73. The molecule has 0 spiro atoms. The van der Waals surface area contributed by atoms with Crippen LogP contribution >= 0.6 is 0 Å². The third-order valence-corrected chi connectivity index (χ3v) is 3.70. The molecule has 0 atom stereocenters. The van der Waals surface area contributed by atoms with Gasteiger partial charge in [-0.15, -0.1) is 0 Å². The van der Waals surface area contributed by atoms with Gasteiger partial charge in [-0.2, -0.15) is 5.10 Å². The molecule has 0 bridgehead atoms. The van der Waals surface area contributed by atoms with Gasteiger partial charge in [0.05, 0.1) is 25.6 Å². The standard InChI is InChI=1S/C17H19N3O4/c1-5-23-17(21)19-16-10(2)24-15-7-14(22-4)12(6-13(15)16)11-8-18-20(3)9-11/h6-9H,5H2,1-4H3,(H,19,21). The minimum atomic E-state index is -0.512. The molecular weight excluding hydrogens is 310 g/mol. The van der Waals surface area contributed by atoms with E-state index in [0.717, 1.165) is 16.5 Å². The van der Waals surface area contributed by atoms with Crippen molar-refractivity contribution in [2.75, 3.05) is 19.0 Å². The second-order valence-corrected chi connectivity index (χ2v) is 5.33. The molecule has 0 radical (unpaired) electrons. The van der Waals surface area contributed by atoms with Gasteiger partial charge in [-0.1, -0.05) is 0 Å². The minimum absolute atomic E-state index is 0.301. The molecule has 3 rings (SSSR count). The summed E-state index contributed by atoms with van der Waals surface area (Å²) in [4.78, 5) is 11.8. The molecule has 0 saturated heterocycles. The van der Waals surface area contributed by atoms with E-state index in [1.54, 1.807) is 37.9 Å². The maximum Gasteiger partial charge on any atom is 0.411 e. The molecule has 0 aliphatic rings. The predicted molar refractivity (Wildman–Crippen MR) is 90.3 cm³/mol. The Morgan fingerprint density at radius 2 is 2.21 bits per heavy atom. The minimum Gasteiger partial charge on any atom is -0.496 e. The fraction of sp³-hybridized carbons (Fsp3) is 0.294. The first-order valence-corrected chi connectivity index (χ1v) is 7.57. The van der Waals surface area contributed by atoms with Crippen LogP contribution in [-0.4, -0.2) is 29.6 Å². The molecule has 1 aromatic carbocycles. The Kier molecular flexibility index (Phi) is 4.16. The molecule has 0 unspecified atom stereocenters. The topological polar surface area (TPSA) is 78.5 Å². The van der Waals surface area contributed by atoms with Crippen LogP contribution in [-0.2, 0) is 11.8 Å². The van der Waals surface area contributed by atoms with Gasteiger partial charge in [0, 0.05) is 35.8 Å². The van der Waals surface area contributed by atoms with Crippen molar-refractivity contribution in [3.8, 4) is 16.9 Å². The Morgan fingerprint density at radius 1 is 1.42 bits per heavy atom. The van der Waals surface area contributed by atoms with Crippen LogP contribution in [0, 0.1) is 6.92 Å². The summed E-state index contributed by atoms with van der Waals surface area (Å²) in [7, 11) is 3.46. The Hall–Kier alpha value is -2.96. The van der Waals surface area contributed by atoms with Crippen LogP contribution in [0.25, 0.3) is 22.1 Å². The number of nitrogens with zero attached hydrogens (tertiary/aromatic N) is 2. The number of methoxy groups -OCH3 is 1. The second kappa shape index (κ2) is 6.27. The molecule has 24 heavy (non-hydrogen) atoms. The molecule has 0 fully saturated rings. The first-order valence-electron chi connectivity index (χ1n) is 7.57. The number of furan rings is 1. The first-order chi connectivity index (χ1) is 11.5. The summed E-state index contributed by atoms with van der Waals surface area (Å²) in [5.74, 6) is 1.27. The number of hydrogen-bond acceptors (Lipinski definition) is 5. The summed E-state index contributed by atoms with van der Waals surface area (Å²) in [6.07, 6.45) is 3.14. The lowest BCUT2D eigenvalue weighted by molar-refractivity contribution is 0.168. The van der Waals surface area contributed by atoms with Crippen molar-refractivity contribution >= 4 is 22.7 Å². The van der Waals surface area contributed by atoms with Crippen molar-refractivity contribution in [3.05, 3.63) is 30.3 Å². The van der Waals surface area contributed by atoms with Gasteiger partial charge in [0.15, 0.2) is 0 Å². The molecule has 126 valence electrons. The number of fused-ring (bicyclic) bond motifs is 1. The Labute approximate surface area is 139 Å². The van der Waals surface area contributed by atoms with E-state index in [1.165, 1.54) is 0 Å². The molecule has 3 aromatic rings. The van der Waals surface area contributed by atoms with Gasteiger partial charge in [0.1, 0.15) is 17.1 Å². The molecular formula is C17H19N3O4. The smallest absolute Gasteiger partial charge is 0.411 e. The Morgan fingerprint density at radius 3 is 2.83 bits per heavy atom. The number of benzene rings is 1. The molecule has 0 aliphatic carbocycles. The molecule has 0 saturated carbocycles. The van der Waals surface area contributed by atoms with E-state index in [-0.39, 0.29) is 0 Å². The number of aryl methyl sites for hydroxylation is 2. The van der Waals surface area contributed by atoms with Crippen molar-refractivity contribution < 1.29 is 18.7 Å². The lowest BCUT2D eigenvalue weighted by Gasteiger charge is -2.08. The quantitative estimate of drug-likeness (QED) is 0.789. The fourth-order valence-corrected chi connectivity index (χ4v) is 2.63. The normalized spacial score (nSPS) is 10.8. The van der Waals surface area contributed by atoms with E-state index in [1.807, 2.05) is 19.3 Å². The highest BCUT2D eigenvalue weighted by molar-refractivity contribution is 6.02. The van der Waals surface area contributed by atoms with Gasteiger partial charge in [-0.25, -0.2) is 4.79 Å². The van der Waals surface area contributed by atoms with E-state index in [0.29, 0.717) is 29.4 Å². The summed E-state index contributed by atoms with van der Waals surface area (Å²) in [5.41, 5.74) is 3.00. The number of amides is 1. The van der Waals surface area contributed by atoms with E-state index >= 15 is 0 Å². The van der Waals surface area contributed by atoms with Crippen molar-refractivity contribution in [2.45, 2.75) is 13.8 Å². The molecule has 7 nitrogen and oxygen atoms in total. The van der Waals surface area contributed by atoms with Crippen LogP contribution in [0.4, 0.5) is 10.5 Å². The summed E-state index contributed by atoms with van der Waals surface area (Å²) < 4.78 is 17.9. The van der Waals surface area contributed by atoms with Crippen molar-refractivity contribution in [3.63, 3.8) is 0 Å². The number of carbonyl (C=O) groups is 1. The van der Waals surface area contributed by atoms with E-state index in [9.17, 15) is 4.79 Å². The zero-order valence-corrected chi connectivity index (χ0v) is 14.0. The van der Waals surface area contributed by atoms with E-state index in [2.05, 4.69) is 10.4 Å². The van der Waals surface area contributed by atoms with Crippen LogP contribution in [0.2, 0.25) is 0 Å². The number of anilines is 1. The molecule has 2 aromatic heterocycles. The summed E-state index contributed by atoms with van der Waals surface area (Å²) in [6.45, 7) is 3.85. The maximum absolute atomic E-state index is 11.8. The van der Waals surface area contributed by atoms with E-state index in [4.69, 9.17) is 13.9 Å². The highest BCUT2D eigenvalue weighted by atomic mass is 16.5. The van der Waals surface area contributed by atoms with Gasteiger partial charge >= 0.3 is 6.09 Å². The second-order valence-electron chi connectivity index (χ2n) is 5.33. The zero-order chi connectivity index (χ0) is 17.3. The Bertz CT molecular complexity index is 895. The predicted octanol–water partition coefficient (Wildman–Crippen LogP) is 3.72. The monoisotopic (exact) mass is 329 g/mol. The number of carbonyl (C=O) groups excluding carboxylic acids is 1. The first kappa shape index (κ1) is 15.9. The third kappa shape index (κ3) is 2.80. The summed E-state index contributed by atoms with van der Waals surface area (Å²) in [5, 5.41) is 7.71. The molecule has 7 heteroatoms. The number of hydrogen-bond donors (Lipinski definition) is 1. The maximum atomic E-state index is 11.8. The number of aromatic nitrogens is 2. The number of rotatable bonds is 4. The highest BCUT2D eigenvalue weighted by Crippen LogP contribution is 2.39. The van der Waals surface area contributed by atoms with Crippen LogP contribution < -0.4 is 10.1 Å². The SMILES string of the molecule is CCOC(=O)Nc1c(C)oc2cc(OC)c(-c3cnn(C)c3)cc12. The van der Waals surface area contributed by atoms with Gasteiger partial charge in [-0.3, -0.25) is 10.00 Å². The van der Waals surface area contributed by atoms with Gasteiger partial charge in [-0.05, 0) is 19.9 Å². The molecule has 0 aliphatic heterocycles. The van der Waals surface area contributed by atoms with E-state index < -0.39 is 6.09 Å². The van der Waals surface area contributed by atoms with Gasteiger partial charge in [0.25, 0.3) is 0 Å². The average Bonchev–Trinajstić information content (AvgIpc) is 3.10. The van der Waals surface area contributed by atoms with Crippen LogP contribution in [0.15, 0.2) is 28.9 Å². The highest BCUT2D eigenvalue weighted by Gasteiger charge is 2.18. The fourth-order valence-electron chi connectivity index (χ4n) is 2.63. The van der Waals surface area contributed by atoms with Crippen LogP contribution in [0.3, 0.4) is 0 Å².